The van der Waals surface area contributed by atoms with Crippen LogP contribution >= 0.6 is 12.2 Å². The van der Waals surface area contributed by atoms with Crippen LogP contribution in [0, 0.1) is 5.82 Å². The van der Waals surface area contributed by atoms with Crippen LogP contribution in [0.2, 0.25) is 0 Å². The predicted octanol–water partition coefficient (Wildman–Crippen LogP) is 5.21. The number of hydrogen-bond donors (Lipinski definition) is 1. The molecule has 1 aliphatic rings. The fraction of sp³-hybridized carbons (Fsp3) is 0.154. The molecule has 0 bridgehead atoms. The average Bonchev–Trinajstić information content (AvgIpc) is 3.48. The summed E-state index contributed by atoms with van der Waals surface area (Å²) in [4.78, 5) is 6.63. The summed E-state index contributed by atoms with van der Waals surface area (Å²) in [6.07, 6.45) is 3.68. The monoisotopic (exact) mass is 474 g/mol. The lowest BCUT2D eigenvalue weighted by molar-refractivity contribution is 0.394. The number of aromatic nitrogens is 2. The van der Waals surface area contributed by atoms with Gasteiger partial charge >= 0.3 is 0 Å². The number of pyridine rings is 1. The van der Waals surface area contributed by atoms with Crippen molar-refractivity contribution in [1.29, 1.82) is 0 Å². The van der Waals surface area contributed by atoms with E-state index in [-0.39, 0.29) is 17.9 Å². The number of benzene rings is 2. The molecular weight excluding hydrogens is 451 g/mol. The smallest absolute Gasteiger partial charge is 0.174 e. The van der Waals surface area contributed by atoms with Crippen LogP contribution in [0.4, 0.5) is 10.1 Å². The summed E-state index contributed by atoms with van der Waals surface area (Å²) in [5.41, 5.74) is 3.28. The Kier molecular flexibility index (Phi) is 5.90. The van der Waals surface area contributed by atoms with Gasteiger partial charge in [-0.05, 0) is 66.8 Å². The molecule has 0 radical (unpaired) electrons. The van der Waals surface area contributed by atoms with Crippen LogP contribution in [-0.4, -0.2) is 28.9 Å². The Bertz CT molecular complexity index is 1330. The van der Waals surface area contributed by atoms with E-state index in [0.29, 0.717) is 16.6 Å². The molecule has 0 aliphatic carbocycles. The molecule has 0 unspecified atom stereocenters. The van der Waals surface area contributed by atoms with Gasteiger partial charge in [0.15, 0.2) is 5.11 Å². The van der Waals surface area contributed by atoms with Crippen LogP contribution in [0.3, 0.4) is 0 Å². The van der Waals surface area contributed by atoms with Gasteiger partial charge in [0.1, 0.15) is 23.4 Å². The number of anilines is 1. The van der Waals surface area contributed by atoms with Crippen molar-refractivity contribution in [2.45, 2.75) is 12.1 Å². The second kappa shape index (κ2) is 9.15. The first-order valence-corrected chi connectivity index (χ1v) is 11.2. The molecule has 4 aromatic rings. The zero-order valence-corrected chi connectivity index (χ0v) is 19.5. The second-order valence-electron chi connectivity index (χ2n) is 7.82. The van der Waals surface area contributed by atoms with Crippen molar-refractivity contribution in [2.75, 3.05) is 19.1 Å². The largest absolute Gasteiger partial charge is 0.497 e. The van der Waals surface area contributed by atoms with Gasteiger partial charge in [0.05, 0.1) is 31.6 Å². The van der Waals surface area contributed by atoms with Crippen molar-refractivity contribution in [3.63, 3.8) is 0 Å². The zero-order valence-electron chi connectivity index (χ0n) is 18.7. The summed E-state index contributed by atoms with van der Waals surface area (Å²) in [6, 6.07) is 21.4. The van der Waals surface area contributed by atoms with E-state index in [2.05, 4.69) is 10.3 Å². The SMILES string of the molecule is COc1ccc(N2C(=S)N[C@@H](c3ccccn3)[C@@H]2c2cccn2-c2cccc(F)c2)c(OC)c1. The first-order valence-electron chi connectivity index (χ1n) is 10.8. The maximum absolute atomic E-state index is 14.1. The lowest BCUT2D eigenvalue weighted by Crippen LogP contribution is -2.30. The van der Waals surface area contributed by atoms with Crippen LogP contribution in [-0.2, 0) is 0 Å². The first kappa shape index (κ1) is 21.9. The maximum atomic E-state index is 14.1. The minimum Gasteiger partial charge on any atom is -0.497 e. The number of halogens is 1. The van der Waals surface area contributed by atoms with Gasteiger partial charge in [-0.25, -0.2) is 4.39 Å². The quantitative estimate of drug-likeness (QED) is 0.388. The Labute approximate surface area is 202 Å². The number of hydrogen-bond acceptors (Lipinski definition) is 4. The molecule has 34 heavy (non-hydrogen) atoms. The van der Waals surface area contributed by atoms with Crippen molar-refractivity contribution in [3.05, 3.63) is 102 Å². The second-order valence-corrected chi connectivity index (χ2v) is 8.20. The van der Waals surface area contributed by atoms with Crippen molar-refractivity contribution < 1.29 is 13.9 Å². The average molecular weight is 475 g/mol. The van der Waals surface area contributed by atoms with Crippen molar-refractivity contribution >= 4 is 23.0 Å². The van der Waals surface area contributed by atoms with Crippen LogP contribution < -0.4 is 19.7 Å². The third-order valence-corrected chi connectivity index (χ3v) is 6.23. The molecule has 172 valence electrons. The molecule has 3 heterocycles. The molecule has 5 rings (SSSR count). The van der Waals surface area contributed by atoms with Gasteiger partial charge in [0.2, 0.25) is 0 Å². The third kappa shape index (κ3) is 3.86. The van der Waals surface area contributed by atoms with Gasteiger partial charge in [-0.15, -0.1) is 0 Å². The molecule has 8 heteroatoms. The van der Waals surface area contributed by atoms with E-state index in [4.69, 9.17) is 21.7 Å². The Morgan fingerprint density at radius 2 is 1.85 bits per heavy atom. The molecule has 2 aromatic heterocycles. The Hall–Kier alpha value is -3.91. The van der Waals surface area contributed by atoms with Crippen molar-refractivity contribution in [2.24, 2.45) is 0 Å². The molecule has 0 saturated carbocycles. The molecule has 2 aromatic carbocycles. The number of nitrogens with zero attached hydrogens (tertiary/aromatic N) is 3. The summed E-state index contributed by atoms with van der Waals surface area (Å²) in [7, 11) is 3.23. The lowest BCUT2D eigenvalue weighted by atomic mass is 10.0. The maximum Gasteiger partial charge on any atom is 0.174 e. The summed E-state index contributed by atoms with van der Waals surface area (Å²) in [6.45, 7) is 0. The van der Waals surface area contributed by atoms with Crippen LogP contribution in [0.5, 0.6) is 11.5 Å². The van der Waals surface area contributed by atoms with Crippen LogP contribution in [0.15, 0.2) is 85.2 Å². The molecule has 0 amide bonds. The minimum atomic E-state index is -0.299. The van der Waals surface area contributed by atoms with Gasteiger partial charge in [0.25, 0.3) is 0 Å². The topological polar surface area (TPSA) is 51.5 Å². The predicted molar refractivity (Wildman–Crippen MR) is 133 cm³/mol. The van der Waals surface area contributed by atoms with Crippen LogP contribution in [0.1, 0.15) is 23.5 Å². The highest BCUT2D eigenvalue weighted by molar-refractivity contribution is 7.80. The normalized spacial score (nSPS) is 17.5. The molecule has 1 fully saturated rings. The lowest BCUT2D eigenvalue weighted by Gasteiger charge is -2.30. The van der Waals surface area contributed by atoms with Gasteiger partial charge < -0.3 is 24.3 Å². The standard InChI is InChI=1S/C26H23FN4O2S/c1-32-19-11-12-21(23(16-19)33-2)31-25(24(29-26(31)34)20-9-3-4-13-28-20)22-10-6-14-30(22)18-8-5-7-17(27)15-18/h3-16,24-25H,1-2H3,(H,29,34)/t24-,25-/m0/s1. The first-order chi connectivity index (χ1) is 16.6. The van der Waals surface area contributed by atoms with Gasteiger partial charge in [0, 0.05) is 29.8 Å². The van der Waals surface area contributed by atoms with E-state index in [9.17, 15) is 4.39 Å². The van der Waals surface area contributed by atoms with Crippen molar-refractivity contribution in [3.8, 4) is 17.2 Å². The Balaban J connectivity index is 1.69. The fourth-order valence-electron chi connectivity index (χ4n) is 4.39. The fourth-order valence-corrected chi connectivity index (χ4v) is 4.73. The minimum absolute atomic E-state index is 0.247. The molecule has 1 N–H and O–H groups in total. The van der Waals surface area contributed by atoms with Crippen molar-refractivity contribution in [1.82, 2.24) is 14.9 Å². The number of nitrogens with one attached hydrogen (secondary N) is 1. The van der Waals surface area contributed by atoms with E-state index in [1.165, 1.54) is 12.1 Å². The van der Waals surface area contributed by atoms with E-state index >= 15 is 0 Å². The Morgan fingerprint density at radius 1 is 0.971 bits per heavy atom. The molecule has 0 spiro atoms. The molecule has 1 aliphatic heterocycles. The summed E-state index contributed by atoms with van der Waals surface area (Å²) in [5.74, 6) is 1.01. The molecular formula is C26H23FN4O2S. The highest BCUT2D eigenvalue weighted by Gasteiger charge is 2.43. The Morgan fingerprint density at radius 3 is 2.59 bits per heavy atom. The summed E-state index contributed by atoms with van der Waals surface area (Å²) in [5, 5.41) is 3.99. The highest BCUT2D eigenvalue weighted by atomic mass is 32.1. The molecule has 1 saturated heterocycles. The number of rotatable bonds is 6. The zero-order chi connectivity index (χ0) is 23.7. The summed E-state index contributed by atoms with van der Waals surface area (Å²) < 4.78 is 27.1. The third-order valence-electron chi connectivity index (χ3n) is 5.91. The van der Waals surface area contributed by atoms with E-state index in [1.54, 1.807) is 26.5 Å². The van der Waals surface area contributed by atoms with E-state index in [1.807, 2.05) is 70.3 Å². The van der Waals surface area contributed by atoms with E-state index < -0.39 is 0 Å². The van der Waals surface area contributed by atoms with Gasteiger partial charge in [-0.1, -0.05) is 12.1 Å². The number of ether oxygens (including phenoxy) is 2. The van der Waals surface area contributed by atoms with Gasteiger partial charge in [-0.3, -0.25) is 4.98 Å². The molecule has 6 nitrogen and oxygen atoms in total. The van der Waals surface area contributed by atoms with Gasteiger partial charge in [-0.2, -0.15) is 0 Å². The number of thiocarbonyl (C=S) groups is 1. The summed E-state index contributed by atoms with van der Waals surface area (Å²) >= 11 is 5.83. The highest BCUT2D eigenvalue weighted by Crippen LogP contribution is 2.45. The van der Waals surface area contributed by atoms with E-state index in [0.717, 1.165) is 22.8 Å². The van der Waals surface area contributed by atoms with Crippen LogP contribution in [0.25, 0.3) is 5.69 Å². The molecule has 2 atom stereocenters. The number of methoxy groups -OCH3 is 2.